The van der Waals surface area contributed by atoms with Gasteiger partial charge in [-0.25, -0.2) is 13.9 Å². The number of halogens is 1. The lowest BCUT2D eigenvalue weighted by Gasteiger charge is -2.19. The predicted molar refractivity (Wildman–Crippen MR) is 93.6 cm³/mol. The van der Waals surface area contributed by atoms with Gasteiger partial charge in [0.2, 0.25) is 0 Å². The summed E-state index contributed by atoms with van der Waals surface area (Å²) in [6.07, 6.45) is 3.08. The van der Waals surface area contributed by atoms with Crippen LogP contribution in [0.1, 0.15) is 24.9 Å². The van der Waals surface area contributed by atoms with E-state index in [1.807, 2.05) is 6.92 Å². The molecule has 0 aliphatic rings. The molecular weight excluding hydrogens is 341 g/mol. The van der Waals surface area contributed by atoms with Gasteiger partial charge in [-0.05, 0) is 31.2 Å². The number of nitrogens with one attached hydrogen (secondary N) is 1. The van der Waals surface area contributed by atoms with E-state index in [9.17, 15) is 9.18 Å². The van der Waals surface area contributed by atoms with Crippen LogP contribution in [0.15, 0.2) is 36.7 Å². The summed E-state index contributed by atoms with van der Waals surface area (Å²) in [6, 6.07) is 5.48. The molecule has 2 aromatic heterocycles. The maximum Gasteiger partial charge on any atom is 0.306 e. The van der Waals surface area contributed by atoms with Crippen LogP contribution in [0.5, 0.6) is 5.75 Å². The summed E-state index contributed by atoms with van der Waals surface area (Å²) in [5.41, 5.74) is 7.34. The number of carboxylic acids is 1. The number of nitrogens with zero attached hydrogens (tertiary/aromatic N) is 3. The van der Waals surface area contributed by atoms with Gasteiger partial charge < -0.3 is 20.9 Å². The molecule has 0 saturated carbocycles. The zero-order chi connectivity index (χ0) is 18.7. The molecule has 0 unspecified atom stereocenters. The van der Waals surface area contributed by atoms with Crippen molar-refractivity contribution in [1.82, 2.24) is 14.6 Å². The number of carboxylic acid groups (broad SMARTS) is 1. The minimum absolute atomic E-state index is 0.00272. The molecule has 0 fully saturated rings. The lowest BCUT2D eigenvalue weighted by molar-refractivity contribution is -0.137. The van der Waals surface area contributed by atoms with Crippen LogP contribution in [0, 0.1) is 5.82 Å². The van der Waals surface area contributed by atoms with Crippen LogP contribution >= 0.6 is 0 Å². The van der Waals surface area contributed by atoms with E-state index in [4.69, 9.17) is 15.6 Å². The number of anilines is 2. The van der Waals surface area contributed by atoms with E-state index in [0.717, 1.165) is 0 Å². The lowest BCUT2D eigenvalue weighted by Crippen LogP contribution is -2.12. The number of carbonyl (C=O) groups is 1. The molecule has 136 valence electrons. The molecule has 0 saturated heterocycles. The molecule has 0 aliphatic heterocycles. The molecule has 0 amide bonds. The number of nitrogen functional groups attached to an aromatic ring is 1. The Hall–Kier alpha value is -3.36. The molecule has 26 heavy (non-hydrogen) atoms. The first-order chi connectivity index (χ1) is 12.4. The van der Waals surface area contributed by atoms with Gasteiger partial charge in [0.05, 0.1) is 31.0 Å². The van der Waals surface area contributed by atoms with Gasteiger partial charge in [-0.3, -0.25) is 4.79 Å². The van der Waals surface area contributed by atoms with Crippen molar-refractivity contribution in [2.24, 2.45) is 0 Å². The topological polar surface area (TPSA) is 115 Å². The Morgan fingerprint density at radius 2 is 2.27 bits per heavy atom. The van der Waals surface area contributed by atoms with Crippen molar-refractivity contribution in [1.29, 1.82) is 0 Å². The number of nitrogens with two attached hydrogens (primary N) is 1. The van der Waals surface area contributed by atoms with Gasteiger partial charge in [-0.2, -0.15) is 5.10 Å². The fourth-order valence-electron chi connectivity index (χ4n) is 2.50. The monoisotopic (exact) mass is 359 g/mol. The zero-order valence-electron chi connectivity index (χ0n) is 14.0. The first-order valence-corrected chi connectivity index (χ1v) is 7.94. The maximum atomic E-state index is 13.7. The fourth-order valence-corrected chi connectivity index (χ4v) is 2.50. The Morgan fingerprint density at radius 3 is 3.04 bits per heavy atom. The third kappa shape index (κ3) is 3.82. The van der Waals surface area contributed by atoms with Crippen LogP contribution < -0.4 is 15.8 Å². The van der Waals surface area contributed by atoms with Crippen LogP contribution in [0.3, 0.4) is 0 Å². The minimum Gasteiger partial charge on any atom is -0.493 e. The number of aromatic nitrogens is 3. The minimum atomic E-state index is -0.962. The molecule has 0 aliphatic carbocycles. The van der Waals surface area contributed by atoms with E-state index in [-0.39, 0.29) is 19.1 Å². The van der Waals surface area contributed by atoms with E-state index in [1.165, 1.54) is 24.4 Å². The number of fused-ring (bicyclic) bond motifs is 1. The van der Waals surface area contributed by atoms with Gasteiger partial charge >= 0.3 is 5.97 Å². The number of ether oxygens (including phenoxy) is 1. The third-order valence-electron chi connectivity index (χ3n) is 3.77. The molecule has 1 aromatic carbocycles. The molecular formula is C17H18FN5O3. The number of hydrogen-bond acceptors (Lipinski definition) is 6. The van der Waals surface area contributed by atoms with E-state index in [2.05, 4.69) is 15.4 Å². The van der Waals surface area contributed by atoms with Gasteiger partial charge in [0.25, 0.3) is 0 Å². The van der Waals surface area contributed by atoms with Crippen LogP contribution in [0.4, 0.5) is 15.9 Å². The second-order valence-electron chi connectivity index (χ2n) is 5.72. The highest BCUT2D eigenvalue weighted by molar-refractivity contribution is 5.67. The molecule has 0 bridgehead atoms. The van der Waals surface area contributed by atoms with Crippen molar-refractivity contribution in [3.63, 3.8) is 0 Å². The summed E-state index contributed by atoms with van der Waals surface area (Å²) in [7, 11) is 0. The number of benzene rings is 1. The quantitative estimate of drug-likeness (QED) is 0.593. The number of hydrogen-bond donors (Lipinski definition) is 3. The first kappa shape index (κ1) is 17.5. The highest BCUT2D eigenvalue weighted by Gasteiger charge is 2.15. The van der Waals surface area contributed by atoms with Crippen LogP contribution in [0.2, 0.25) is 0 Å². The van der Waals surface area contributed by atoms with Crippen molar-refractivity contribution in [2.45, 2.75) is 19.4 Å². The molecule has 0 spiro atoms. The highest BCUT2D eigenvalue weighted by atomic mass is 19.1. The van der Waals surface area contributed by atoms with Gasteiger partial charge in [0.15, 0.2) is 5.65 Å². The van der Waals surface area contributed by atoms with E-state index in [1.54, 1.807) is 16.8 Å². The molecule has 0 radical (unpaired) electrons. The van der Waals surface area contributed by atoms with Crippen molar-refractivity contribution >= 4 is 23.1 Å². The number of aliphatic carboxylic acids is 1. The molecule has 3 rings (SSSR count). The second kappa shape index (κ2) is 7.26. The van der Waals surface area contributed by atoms with E-state index >= 15 is 0 Å². The van der Waals surface area contributed by atoms with Crippen LogP contribution in [0.25, 0.3) is 5.65 Å². The standard InChI is InChI=1S/C17H18FN5O3/c1-10(21-15-4-6-23-17(22-15)13(19)9-20-23)12-8-11(18)2-3-14(12)26-7-5-16(24)25/h2-4,6,8-10H,5,7,19H2,1H3,(H,21,22)(H,24,25)/t10-/m1/s1. The molecule has 4 N–H and O–H groups in total. The highest BCUT2D eigenvalue weighted by Crippen LogP contribution is 2.29. The molecule has 2 heterocycles. The summed E-state index contributed by atoms with van der Waals surface area (Å²) in [5.74, 6) is -0.422. The normalized spacial score (nSPS) is 12.1. The molecule has 1 atom stereocenters. The van der Waals surface area contributed by atoms with Crippen LogP contribution in [-0.4, -0.2) is 32.3 Å². The molecule has 8 nitrogen and oxygen atoms in total. The average molecular weight is 359 g/mol. The number of rotatable bonds is 7. The average Bonchev–Trinajstić information content (AvgIpc) is 2.96. The maximum absolute atomic E-state index is 13.7. The Balaban J connectivity index is 1.81. The summed E-state index contributed by atoms with van der Waals surface area (Å²) in [4.78, 5) is 15.0. The lowest BCUT2D eigenvalue weighted by atomic mass is 10.1. The van der Waals surface area contributed by atoms with Gasteiger partial charge in [-0.15, -0.1) is 0 Å². The largest absolute Gasteiger partial charge is 0.493 e. The van der Waals surface area contributed by atoms with Gasteiger partial charge in [0.1, 0.15) is 17.4 Å². The zero-order valence-corrected chi connectivity index (χ0v) is 14.0. The van der Waals surface area contributed by atoms with Crippen molar-refractivity contribution in [3.8, 4) is 5.75 Å². The Morgan fingerprint density at radius 1 is 1.46 bits per heavy atom. The van der Waals surface area contributed by atoms with E-state index < -0.39 is 11.8 Å². The fraction of sp³-hybridized carbons (Fsp3) is 0.235. The summed E-state index contributed by atoms with van der Waals surface area (Å²) in [6.45, 7) is 1.82. The Labute approximate surface area is 148 Å². The van der Waals surface area contributed by atoms with Gasteiger partial charge in [0, 0.05) is 11.8 Å². The van der Waals surface area contributed by atoms with Crippen LogP contribution in [-0.2, 0) is 4.79 Å². The first-order valence-electron chi connectivity index (χ1n) is 7.94. The Kier molecular flexibility index (Phi) is 4.87. The Bertz CT molecular complexity index is 943. The molecule has 3 aromatic rings. The smallest absolute Gasteiger partial charge is 0.306 e. The van der Waals surface area contributed by atoms with Crippen molar-refractivity contribution < 1.29 is 19.0 Å². The SMILES string of the molecule is C[C@@H](Nc1ccn2ncc(N)c2n1)c1cc(F)ccc1OCCC(=O)O. The van der Waals surface area contributed by atoms with Crippen molar-refractivity contribution in [2.75, 3.05) is 17.7 Å². The van der Waals surface area contributed by atoms with E-state index in [0.29, 0.717) is 28.5 Å². The third-order valence-corrected chi connectivity index (χ3v) is 3.77. The summed E-state index contributed by atoms with van der Waals surface area (Å²) >= 11 is 0. The second-order valence-corrected chi connectivity index (χ2v) is 5.72. The summed E-state index contributed by atoms with van der Waals surface area (Å²) in [5, 5.41) is 15.9. The molecule has 9 heteroatoms. The summed E-state index contributed by atoms with van der Waals surface area (Å²) < 4.78 is 20.7. The van der Waals surface area contributed by atoms with Gasteiger partial charge in [-0.1, -0.05) is 0 Å². The predicted octanol–water partition coefficient (Wildman–Crippen LogP) is 2.48. The van der Waals surface area contributed by atoms with Crippen molar-refractivity contribution in [3.05, 3.63) is 48.0 Å².